The molecule has 3 aromatic carbocycles. The van der Waals surface area contributed by atoms with Gasteiger partial charge in [-0.25, -0.2) is 0 Å². The minimum absolute atomic E-state index is 0.279. The molecule has 6 heteroatoms. The number of amides is 2. The first-order valence-corrected chi connectivity index (χ1v) is 8.88. The van der Waals surface area contributed by atoms with Crippen LogP contribution in [0.1, 0.15) is 20.7 Å². The molecule has 0 unspecified atom stereocenters. The van der Waals surface area contributed by atoms with Crippen molar-refractivity contribution in [3.05, 3.63) is 71.8 Å². The van der Waals surface area contributed by atoms with E-state index in [1.54, 1.807) is 37.4 Å². The monoisotopic (exact) mass is 378 g/mol. The molecule has 0 fully saturated rings. The van der Waals surface area contributed by atoms with Crippen LogP contribution in [0.25, 0.3) is 10.8 Å². The van der Waals surface area contributed by atoms with Gasteiger partial charge in [0.15, 0.2) is 0 Å². The van der Waals surface area contributed by atoms with Gasteiger partial charge in [0.25, 0.3) is 11.8 Å². The molecule has 28 heavy (non-hydrogen) atoms. The Bertz CT molecular complexity index is 1000. The molecule has 0 aliphatic carbocycles. The van der Waals surface area contributed by atoms with Crippen LogP contribution in [0.2, 0.25) is 0 Å². The topological polar surface area (TPSA) is 76.7 Å². The highest BCUT2D eigenvalue weighted by molar-refractivity contribution is 6.11. The molecule has 0 saturated carbocycles. The van der Waals surface area contributed by atoms with Crippen molar-refractivity contribution in [2.24, 2.45) is 0 Å². The van der Waals surface area contributed by atoms with Gasteiger partial charge < -0.3 is 20.1 Å². The zero-order chi connectivity index (χ0) is 19.9. The maximum absolute atomic E-state index is 12.9. The van der Waals surface area contributed by atoms with Crippen molar-refractivity contribution in [1.29, 1.82) is 0 Å². The Hall–Kier alpha value is -3.38. The number of methoxy groups -OCH3 is 2. The smallest absolute Gasteiger partial charge is 0.259 e. The minimum Gasteiger partial charge on any atom is -0.496 e. The number of rotatable bonds is 7. The van der Waals surface area contributed by atoms with Crippen molar-refractivity contribution in [2.45, 2.75) is 0 Å². The van der Waals surface area contributed by atoms with Crippen molar-refractivity contribution in [2.75, 3.05) is 32.7 Å². The van der Waals surface area contributed by atoms with E-state index in [0.29, 0.717) is 35.7 Å². The van der Waals surface area contributed by atoms with E-state index in [2.05, 4.69) is 10.6 Å². The van der Waals surface area contributed by atoms with Crippen molar-refractivity contribution >= 4 is 28.3 Å². The van der Waals surface area contributed by atoms with Crippen LogP contribution in [0.3, 0.4) is 0 Å². The van der Waals surface area contributed by atoms with Crippen LogP contribution in [0.4, 0.5) is 5.69 Å². The first-order chi connectivity index (χ1) is 13.6. The van der Waals surface area contributed by atoms with E-state index in [9.17, 15) is 9.59 Å². The van der Waals surface area contributed by atoms with E-state index in [-0.39, 0.29) is 11.8 Å². The second-order valence-electron chi connectivity index (χ2n) is 6.15. The Labute approximate surface area is 163 Å². The molecular formula is C22H22N2O4. The molecule has 0 aliphatic rings. The lowest BCUT2D eigenvalue weighted by Gasteiger charge is -2.14. The highest BCUT2D eigenvalue weighted by Gasteiger charge is 2.17. The van der Waals surface area contributed by atoms with Crippen LogP contribution in [-0.4, -0.2) is 39.2 Å². The number of nitrogens with one attached hydrogen (secondary N) is 2. The van der Waals surface area contributed by atoms with Crippen LogP contribution in [-0.2, 0) is 4.74 Å². The summed E-state index contributed by atoms with van der Waals surface area (Å²) < 4.78 is 10.3. The molecule has 144 valence electrons. The van der Waals surface area contributed by atoms with E-state index in [0.717, 1.165) is 10.8 Å². The fraction of sp³-hybridized carbons (Fsp3) is 0.182. The standard InChI is InChI=1S/C22H22N2O4/c1-27-12-11-23-21(25)17-9-5-6-10-19(17)24-22(26)18-13-15-7-3-4-8-16(15)14-20(18)28-2/h3-10,13-14H,11-12H2,1-2H3,(H,23,25)(H,24,26). The lowest BCUT2D eigenvalue weighted by molar-refractivity contribution is 0.0938. The van der Waals surface area contributed by atoms with E-state index in [1.807, 2.05) is 30.3 Å². The first kappa shape index (κ1) is 19.4. The van der Waals surface area contributed by atoms with Crippen LogP contribution >= 0.6 is 0 Å². The van der Waals surface area contributed by atoms with E-state index < -0.39 is 0 Å². The second kappa shape index (κ2) is 9.01. The summed E-state index contributed by atoms with van der Waals surface area (Å²) in [6.45, 7) is 0.796. The second-order valence-corrected chi connectivity index (χ2v) is 6.15. The maximum Gasteiger partial charge on any atom is 0.259 e. The number of para-hydroxylation sites is 1. The zero-order valence-electron chi connectivity index (χ0n) is 15.8. The maximum atomic E-state index is 12.9. The highest BCUT2D eigenvalue weighted by Crippen LogP contribution is 2.27. The lowest BCUT2D eigenvalue weighted by Crippen LogP contribution is -2.28. The summed E-state index contributed by atoms with van der Waals surface area (Å²) in [5, 5.41) is 7.50. The number of ether oxygens (including phenoxy) is 2. The number of carbonyl (C=O) groups is 2. The molecule has 0 heterocycles. The summed E-state index contributed by atoms with van der Waals surface area (Å²) in [4.78, 5) is 25.3. The molecule has 0 aromatic heterocycles. The van der Waals surface area contributed by atoms with Crippen molar-refractivity contribution in [3.63, 3.8) is 0 Å². The largest absolute Gasteiger partial charge is 0.496 e. The van der Waals surface area contributed by atoms with Gasteiger partial charge in [-0.15, -0.1) is 0 Å². The van der Waals surface area contributed by atoms with Crippen LogP contribution in [0.15, 0.2) is 60.7 Å². The molecule has 6 nitrogen and oxygen atoms in total. The molecule has 0 aliphatic heterocycles. The molecule has 2 N–H and O–H groups in total. The molecule has 0 spiro atoms. The third-order valence-electron chi connectivity index (χ3n) is 4.32. The Morgan fingerprint density at radius 3 is 2.25 bits per heavy atom. The van der Waals surface area contributed by atoms with Gasteiger partial charge in [-0.05, 0) is 35.0 Å². The number of anilines is 1. The fourth-order valence-corrected chi connectivity index (χ4v) is 2.91. The van der Waals surface area contributed by atoms with Gasteiger partial charge in [0, 0.05) is 13.7 Å². The van der Waals surface area contributed by atoms with Gasteiger partial charge in [0.1, 0.15) is 5.75 Å². The predicted octanol–water partition coefficient (Wildman–Crippen LogP) is 3.48. The van der Waals surface area contributed by atoms with Crippen LogP contribution < -0.4 is 15.4 Å². The van der Waals surface area contributed by atoms with E-state index in [1.165, 1.54) is 7.11 Å². The Morgan fingerprint density at radius 2 is 1.54 bits per heavy atom. The molecule has 0 saturated heterocycles. The predicted molar refractivity (Wildman–Crippen MR) is 109 cm³/mol. The van der Waals surface area contributed by atoms with Gasteiger partial charge in [0.2, 0.25) is 0 Å². The van der Waals surface area contributed by atoms with Gasteiger partial charge in [0.05, 0.1) is 30.5 Å². The summed E-state index contributed by atoms with van der Waals surface area (Å²) >= 11 is 0. The summed E-state index contributed by atoms with van der Waals surface area (Å²) in [6, 6.07) is 18.2. The SMILES string of the molecule is COCCNC(=O)c1ccccc1NC(=O)c1cc2ccccc2cc1OC. The molecule has 2 amide bonds. The average Bonchev–Trinajstić information content (AvgIpc) is 2.73. The fourth-order valence-electron chi connectivity index (χ4n) is 2.91. The molecule has 0 bridgehead atoms. The van der Waals surface area contributed by atoms with Crippen molar-refractivity contribution in [1.82, 2.24) is 5.32 Å². The molecular weight excluding hydrogens is 356 g/mol. The number of hydrogen-bond acceptors (Lipinski definition) is 4. The first-order valence-electron chi connectivity index (χ1n) is 8.88. The Morgan fingerprint density at radius 1 is 0.857 bits per heavy atom. The number of benzene rings is 3. The molecule has 0 radical (unpaired) electrons. The molecule has 3 rings (SSSR count). The Kier molecular flexibility index (Phi) is 6.24. The summed E-state index contributed by atoms with van der Waals surface area (Å²) in [7, 11) is 3.09. The number of fused-ring (bicyclic) bond motifs is 1. The van der Waals surface area contributed by atoms with Crippen molar-refractivity contribution < 1.29 is 19.1 Å². The normalized spacial score (nSPS) is 10.5. The average molecular weight is 378 g/mol. The zero-order valence-corrected chi connectivity index (χ0v) is 15.8. The minimum atomic E-state index is -0.347. The number of hydrogen-bond donors (Lipinski definition) is 2. The summed E-state index contributed by atoms with van der Waals surface area (Å²) in [5.41, 5.74) is 1.21. The third kappa shape index (κ3) is 4.29. The van der Waals surface area contributed by atoms with Gasteiger partial charge in [-0.3, -0.25) is 9.59 Å². The van der Waals surface area contributed by atoms with Crippen LogP contribution in [0, 0.1) is 0 Å². The van der Waals surface area contributed by atoms with Gasteiger partial charge >= 0.3 is 0 Å². The van der Waals surface area contributed by atoms with Gasteiger partial charge in [-0.2, -0.15) is 0 Å². The summed E-state index contributed by atoms with van der Waals surface area (Å²) in [6.07, 6.45) is 0. The molecule has 3 aromatic rings. The van der Waals surface area contributed by atoms with Gasteiger partial charge in [-0.1, -0.05) is 36.4 Å². The quantitative estimate of drug-likeness (QED) is 0.617. The third-order valence-corrected chi connectivity index (χ3v) is 4.32. The van der Waals surface area contributed by atoms with Crippen LogP contribution in [0.5, 0.6) is 5.75 Å². The van der Waals surface area contributed by atoms with E-state index >= 15 is 0 Å². The Balaban J connectivity index is 1.87. The highest BCUT2D eigenvalue weighted by atomic mass is 16.5. The summed E-state index contributed by atoms with van der Waals surface area (Å²) in [5.74, 6) is -0.156. The molecule has 0 atom stereocenters. The number of carbonyl (C=O) groups excluding carboxylic acids is 2. The van der Waals surface area contributed by atoms with E-state index in [4.69, 9.17) is 9.47 Å². The lowest BCUT2D eigenvalue weighted by atomic mass is 10.0. The van der Waals surface area contributed by atoms with Crippen molar-refractivity contribution in [3.8, 4) is 5.75 Å².